The van der Waals surface area contributed by atoms with E-state index >= 15 is 0 Å². The number of rotatable bonds is 16. The fourth-order valence-corrected chi connectivity index (χ4v) is 6.44. The van der Waals surface area contributed by atoms with Crippen LogP contribution in [0.4, 0.5) is 26.3 Å². The Bertz CT molecular complexity index is 1770. The summed E-state index contributed by atoms with van der Waals surface area (Å²) in [7, 11) is 5.73. The van der Waals surface area contributed by atoms with E-state index in [0.717, 1.165) is 0 Å². The van der Waals surface area contributed by atoms with Gasteiger partial charge >= 0.3 is 12.7 Å². The standard InChI is InChI=1S/C39H40F6O10/c1-48-30-11-9-26(18-34(30)50-3)28(46)20-52-32-13-7-24(16-36(32)54-38(40,41)42)22-5-6-23(15-22)25-8-14-33(37(17-25)55-39(43,44)45)53-21-29(47)27-10-12-31(49-2)35(19-27)51-4/h7-14,16-19,22-23,28-29,46-47H,5-6,15,20-21H2,1-4H3/t22-,23+,28?,29?. The summed E-state index contributed by atoms with van der Waals surface area (Å²) in [5, 5.41) is 21.4. The number of benzene rings is 4. The average molecular weight is 783 g/mol. The molecule has 0 heterocycles. The molecule has 4 aromatic carbocycles. The number of halogens is 6. The molecule has 1 saturated carbocycles. The van der Waals surface area contributed by atoms with E-state index in [9.17, 15) is 36.6 Å². The van der Waals surface area contributed by atoms with Crippen LogP contribution in [-0.2, 0) is 0 Å². The van der Waals surface area contributed by atoms with Crippen LogP contribution in [-0.4, -0.2) is 64.6 Å². The van der Waals surface area contributed by atoms with Crippen molar-refractivity contribution in [3.05, 3.63) is 95.1 Å². The van der Waals surface area contributed by atoms with E-state index in [1.54, 1.807) is 36.4 Å². The molecule has 0 saturated heterocycles. The van der Waals surface area contributed by atoms with Crippen molar-refractivity contribution < 1.29 is 74.5 Å². The smallest absolute Gasteiger partial charge is 0.493 e. The summed E-state index contributed by atoms with van der Waals surface area (Å²) in [4.78, 5) is 0. The summed E-state index contributed by atoms with van der Waals surface area (Å²) >= 11 is 0. The van der Waals surface area contributed by atoms with Gasteiger partial charge in [-0.05, 0) is 102 Å². The second kappa shape index (κ2) is 17.5. The van der Waals surface area contributed by atoms with Gasteiger partial charge in [0.15, 0.2) is 46.0 Å². The maximum absolute atomic E-state index is 13.5. The number of ether oxygens (including phenoxy) is 8. The van der Waals surface area contributed by atoms with Crippen molar-refractivity contribution in [2.45, 2.75) is 56.0 Å². The highest BCUT2D eigenvalue weighted by atomic mass is 19.4. The third-order valence-corrected chi connectivity index (χ3v) is 9.14. The maximum atomic E-state index is 13.5. The maximum Gasteiger partial charge on any atom is 0.573 e. The second-order valence-corrected chi connectivity index (χ2v) is 12.6. The summed E-state index contributed by atoms with van der Waals surface area (Å²) in [5.41, 5.74) is 1.76. The number of hydrogen-bond acceptors (Lipinski definition) is 10. The normalized spacial score (nSPS) is 16.9. The first-order valence-electron chi connectivity index (χ1n) is 17.0. The molecular weight excluding hydrogens is 742 g/mol. The van der Waals surface area contributed by atoms with E-state index in [1.165, 1.54) is 64.8 Å². The van der Waals surface area contributed by atoms with Crippen LogP contribution in [0.1, 0.15) is 65.6 Å². The molecule has 2 N–H and O–H groups in total. The van der Waals surface area contributed by atoms with Crippen molar-refractivity contribution in [2.75, 3.05) is 41.7 Å². The summed E-state index contributed by atoms with van der Waals surface area (Å²) in [6.07, 6.45) is -11.1. The molecule has 0 bridgehead atoms. The van der Waals surface area contributed by atoms with Gasteiger partial charge in [-0.2, -0.15) is 0 Å². The first kappa shape index (κ1) is 41.0. The van der Waals surface area contributed by atoms with Gasteiger partial charge < -0.3 is 48.1 Å². The van der Waals surface area contributed by atoms with E-state index in [4.69, 9.17) is 28.4 Å². The Kier molecular flexibility index (Phi) is 13.0. The van der Waals surface area contributed by atoms with E-state index in [-0.39, 0.29) is 23.3 Å². The van der Waals surface area contributed by atoms with Crippen LogP contribution in [0.5, 0.6) is 46.0 Å². The van der Waals surface area contributed by atoms with Gasteiger partial charge in [-0.3, -0.25) is 0 Å². The number of aliphatic hydroxyl groups excluding tert-OH is 2. The molecule has 1 aliphatic carbocycles. The number of aliphatic hydroxyl groups is 2. The average Bonchev–Trinajstić information content (AvgIpc) is 3.65. The van der Waals surface area contributed by atoms with Crippen LogP contribution in [0.3, 0.4) is 0 Å². The SMILES string of the molecule is COc1ccc(C(O)COc2ccc([C@@H]3CC[C@H](c4ccc(OCC(O)c5ccc(OC)c(OC)c5)c(OC(F)(F)F)c4)C3)cc2OC(F)(F)F)cc1OC. The Morgan fingerprint density at radius 2 is 0.873 bits per heavy atom. The molecule has 0 aliphatic heterocycles. The summed E-state index contributed by atoms with van der Waals surface area (Å²) in [6, 6.07) is 17.6. The quantitative estimate of drug-likeness (QED) is 0.107. The van der Waals surface area contributed by atoms with Gasteiger partial charge in [-0.1, -0.05) is 24.3 Å². The highest BCUT2D eigenvalue weighted by molar-refractivity contribution is 5.48. The van der Waals surface area contributed by atoms with Crippen molar-refractivity contribution in [1.82, 2.24) is 0 Å². The van der Waals surface area contributed by atoms with Crippen molar-refractivity contribution in [3.8, 4) is 46.0 Å². The van der Waals surface area contributed by atoms with Gasteiger partial charge in [-0.25, -0.2) is 0 Å². The minimum absolute atomic E-state index is 0.254. The Hall–Kier alpha value is -5.22. The van der Waals surface area contributed by atoms with Crippen LogP contribution in [0.25, 0.3) is 0 Å². The minimum atomic E-state index is -5.05. The van der Waals surface area contributed by atoms with E-state index in [2.05, 4.69) is 9.47 Å². The van der Waals surface area contributed by atoms with Gasteiger partial charge in [0.1, 0.15) is 25.4 Å². The third kappa shape index (κ3) is 10.7. The van der Waals surface area contributed by atoms with Gasteiger partial charge in [0.25, 0.3) is 0 Å². The molecule has 2 unspecified atom stereocenters. The molecule has 0 radical (unpaired) electrons. The molecule has 1 fully saturated rings. The zero-order valence-corrected chi connectivity index (χ0v) is 30.2. The molecule has 4 atom stereocenters. The predicted octanol–water partition coefficient (Wildman–Crippen LogP) is 8.79. The summed E-state index contributed by atoms with van der Waals surface area (Å²) in [6.45, 7) is -0.822. The topological polar surface area (TPSA) is 114 Å². The Morgan fingerprint density at radius 3 is 1.22 bits per heavy atom. The van der Waals surface area contributed by atoms with Crippen molar-refractivity contribution >= 4 is 0 Å². The lowest BCUT2D eigenvalue weighted by atomic mass is 9.92. The van der Waals surface area contributed by atoms with E-state index in [0.29, 0.717) is 64.5 Å². The lowest BCUT2D eigenvalue weighted by Crippen LogP contribution is -2.19. The second-order valence-electron chi connectivity index (χ2n) is 12.6. The highest BCUT2D eigenvalue weighted by Gasteiger charge is 2.36. The Labute approximate surface area is 313 Å². The van der Waals surface area contributed by atoms with Crippen LogP contribution in [0.15, 0.2) is 72.8 Å². The van der Waals surface area contributed by atoms with Crippen molar-refractivity contribution in [2.24, 2.45) is 0 Å². The lowest BCUT2D eigenvalue weighted by molar-refractivity contribution is -0.276. The monoisotopic (exact) mass is 782 g/mol. The molecule has 0 spiro atoms. The van der Waals surface area contributed by atoms with Crippen LogP contribution >= 0.6 is 0 Å². The van der Waals surface area contributed by atoms with Crippen LogP contribution in [0.2, 0.25) is 0 Å². The minimum Gasteiger partial charge on any atom is -0.493 e. The Morgan fingerprint density at radius 1 is 0.509 bits per heavy atom. The Balaban J connectivity index is 1.29. The van der Waals surface area contributed by atoms with Crippen molar-refractivity contribution in [3.63, 3.8) is 0 Å². The number of alkyl halides is 6. The molecule has 0 aromatic heterocycles. The third-order valence-electron chi connectivity index (χ3n) is 9.14. The van der Waals surface area contributed by atoms with E-state index in [1.807, 2.05) is 0 Å². The molecule has 16 heteroatoms. The highest BCUT2D eigenvalue weighted by Crippen LogP contribution is 2.47. The molecule has 5 rings (SSSR count). The summed E-state index contributed by atoms with van der Waals surface area (Å²) in [5.74, 6) is -0.734. The molecule has 1 aliphatic rings. The van der Waals surface area contributed by atoms with Gasteiger partial charge in [0.2, 0.25) is 0 Å². The van der Waals surface area contributed by atoms with Gasteiger partial charge in [0.05, 0.1) is 28.4 Å². The molecule has 298 valence electrons. The summed E-state index contributed by atoms with van der Waals surface area (Å²) < 4.78 is 122. The molecular formula is C39H40F6O10. The molecule has 4 aromatic rings. The number of methoxy groups -OCH3 is 4. The number of hydrogen-bond donors (Lipinski definition) is 2. The van der Waals surface area contributed by atoms with Gasteiger partial charge in [0, 0.05) is 0 Å². The molecule has 10 nitrogen and oxygen atoms in total. The molecule has 0 amide bonds. The fraction of sp³-hybridized carbons (Fsp3) is 0.385. The first-order chi connectivity index (χ1) is 26.1. The lowest BCUT2D eigenvalue weighted by Gasteiger charge is -2.20. The zero-order chi connectivity index (χ0) is 39.9. The van der Waals surface area contributed by atoms with E-state index < -0.39 is 49.6 Å². The van der Waals surface area contributed by atoms with Crippen LogP contribution in [0, 0.1) is 0 Å². The first-order valence-corrected chi connectivity index (χ1v) is 17.0. The predicted molar refractivity (Wildman–Crippen MR) is 186 cm³/mol. The molecule has 55 heavy (non-hydrogen) atoms. The van der Waals surface area contributed by atoms with Gasteiger partial charge in [-0.15, -0.1) is 26.3 Å². The zero-order valence-electron chi connectivity index (χ0n) is 30.2. The largest absolute Gasteiger partial charge is 0.573 e. The van der Waals surface area contributed by atoms with Crippen LogP contribution < -0.4 is 37.9 Å². The fourth-order valence-electron chi connectivity index (χ4n) is 6.44. The van der Waals surface area contributed by atoms with Crippen molar-refractivity contribution in [1.29, 1.82) is 0 Å².